The van der Waals surface area contributed by atoms with Crippen LogP contribution in [0.2, 0.25) is 0 Å². The van der Waals surface area contributed by atoms with Gasteiger partial charge in [0, 0.05) is 5.92 Å². The van der Waals surface area contributed by atoms with Gasteiger partial charge in [0.1, 0.15) is 4.88 Å². The van der Waals surface area contributed by atoms with Crippen LogP contribution in [0.15, 0.2) is 0 Å². The molecule has 0 spiro atoms. The lowest BCUT2D eigenvalue weighted by molar-refractivity contribution is 0.0699. The maximum atomic E-state index is 11.5. The molecule has 0 saturated heterocycles. The van der Waals surface area contributed by atoms with E-state index < -0.39 is 5.97 Å². The third-order valence-electron chi connectivity index (χ3n) is 4.56. The normalized spacial score (nSPS) is 22.4. The van der Waals surface area contributed by atoms with Gasteiger partial charge in [-0.1, -0.05) is 33.1 Å². The van der Waals surface area contributed by atoms with Crippen molar-refractivity contribution in [1.82, 2.24) is 4.98 Å². The Balaban J connectivity index is 2.03. The SMILES string of the molecule is CCCCC1CCC(c2nc(CCC)sc2C(=O)O)CC1. The average Bonchev–Trinajstić information content (AvgIpc) is 2.90. The summed E-state index contributed by atoms with van der Waals surface area (Å²) in [5.41, 5.74) is 0.880. The molecule has 3 nitrogen and oxygen atoms in total. The molecule has 118 valence electrons. The fraction of sp³-hybridized carbons (Fsp3) is 0.765. The Kier molecular flexibility index (Phi) is 6.22. The van der Waals surface area contributed by atoms with Crippen molar-refractivity contribution in [3.63, 3.8) is 0 Å². The van der Waals surface area contributed by atoms with Gasteiger partial charge in [-0.2, -0.15) is 0 Å². The predicted molar refractivity (Wildman–Crippen MR) is 87.3 cm³/mol. The second-order valence-corrected chi connectivity index (χ2v) is 7.32. The van der Waals surface area contributed by atoms with Gasteiger partial charge in [0.25, 0.3) is 0 Å². The highest BCUT2D eigenvalue weighted by Gasteiger charge is 2.28. The molecule has 1 heterocycles. The summed E-state index contributed by atoms with van der Waals surface area (Å²) in [6.07, 6.45) is 10.6. The second kappa shape index (κ2) is 7.92. The summed E-state index contributed by atoms with van der Waals surface area (Å²) in [6, 6.07) is 0. The highest BCUT2D eigenvalue weighted by Crippen LogP contribution is 2.39. The van der Waals surface area contributed by atoms with Gasteiger partial charge in [-0.15, -0.1) is 11.3 Å². The van der Waals surface area contributed by atoms with E-state index in [0.29, 0.717) is 10.8 Å². The number of carboxylic acids is 1. The standard InChI is InChI=1S/C17H27NO2S/c1-3-5-7-12-8-10-13(11-9-12)15-16(17(19)20)21-14(18-15)6-4-2/h12-13H,3-11H2,1-2H3,(H,19,20). The molecule has 0 atom stereocenters. The Hall–Kier alpha value is -0.900. The van der Waals surface area contributed by atoms with Crippen LogP contribution in [0.3, 0.4) is 0 Å². The zero-order valence-electron chi connectivity index (χ0n) is 13.2. The molecule has 1 aromatic rings. The van der Waals surface area contributed by atoms with Crippen molar-refractivity contribution < 1.29 is 9.90 Å². The molecule has 0 aliphatic heterocycles. The Morgan fingerprint density at radius 1 is 1.24 bits per heavy atom. The third-order valence-corrected chi connectivity index (χ3v) is 5.67. The highest BCUT2D eigenvalue weighted by molar-refractivity contribution is 7.13. The summed E-state index contributed by atoms with van der Waals surface area (Å²) in [5, 5.41) is 10.4. The molecule has 0 bridgehead atoms. The first kappa shape index (κ1) is 16.5. The van der Waals surface area contributed by atoms with Crippen molar-refractivity contribution in [2.45, 2.75) is 77.6 Å². The minimum Gasteiger partial charge on any atom is -0.477 e. The van der Waals surface area contributed by atoms with Gasteiger partial charge in [-0.3, -0.25) is 0 Å². The van der Waals surface area contributed by atoms with E-state index in [1.807, 2.05) is 0 Å². The van der Waals surface area contributed by atoms with Crippen LogP contribution in [-0.2, 0) is 6.42 Å². The molecular weight excluding hydrogens is 282 g/mol. The molecule has 1 fully saturated rings. The molecule has 0 amide bonds. The number of hydrogen-bond acceptors (Lipinski definition) is 3. The molecule has 21 heavy (non-hydrogen) atoms. The van der Waals surface area contributed by atoms with E-state index in [1.165, 1.54) is 43.4 Å². The van der Waals surface area contributed by atoms with E-state index in [4.69, 9.17) is 0 Å². The summed E-state index contributed by atoms with van der Waals surface area (Å²) in [5.74, 6) is 0.428. The Labute approximate surface area is 131 Å². The lowest BCUT2D eigenvalue weighted by atomic mass is 9.78. The summed E-state index contributed by atoms with van der Waals surface area (Å²) < 4.78 is 0. The number of aromatic nitrogens is 1. The van der Waals surface area contributed by atoms with Gasteiger partial charge in [0.2, 0.25) is 0 Å². The van der Waals surface area contributed by atoms with E-state index in [1.54, 1.807) is 0 Å². The molecule has 1 aliphatic carbocycles. The summed E-state index contributed by atoms with van der Waals surface area (Å²) in [6.45, 7) is 4.36. The first-order chi connectivity index (χ1) is 10.2. The number of aryl methyl sites for hydroxylation is 1. The first-order valence-corrected chi connectivity index (χ1v) is 9.20. The minimum atomic E-state index is -0.794. The summed E-state index contributed by atoms with van der Waals surface area (Å²) >= 11 is 1.39. The van der Waals surface area contributed by atoms with Gasteiger partial charge in [0.15, 0.2) is 0 Å². The van der Waals surface area contributed by atoms with Gasteiger partial charge in [-0.25, -0.2) is 9.78 Å². The zero-order valence-corrected chi connectivity index (χ0v) is 14.0. The lowest BCUT2D eigenvalue weighted by Crippen LogP contribution is -2.15. The molecule has 1 saturated carbocycles. The number of nitrogens with zero attached hydrogens (tertiary/aromatic N) is 1. The lowest BCUT2D eigenvalue weighted by Gasteiger charge is -2.27. The molecule has 2 rings (SSSR count). The fourth-order valence-electron chi connectivity index (χ4n) is 3.35. The second-order valence-electron chi connectivity index (χ2n) is 6.24. The minimum absolute atomic E-state index is 0.371. The molecule has 4 heteroatoms. The summed E-state index contributed by atoms with van der Waals surface area (Å²) in [7, 11) is 0. The Morgan fingerprint density at radius 3 is 2.52 bits per heavy atom. The van der Waals surface area contributed by atoms with Crippen molar-refractivity contribution in [2.75, 3.05) is 0 Å². The van der Waals surface area contributed by atoms with Crippen molar-refractivity contribution >= 4 is 17.3 Å². The van der Waals surface area contributed by atoms with Crippen LogP contribution >= 0.6 is 11.3 Å². The predicted octanol–water partition coefficient (Wildman–Crippen LogP) is 5.26. The van der Waals surface area contributed by atoms with E-state index in [9.17, 15) is 9.90 Å². The molecule has 1 N–H and O–H groups in total. The van der Waals surface area contributed by atoms with Crippen LogP contribution < -0.4 is 0 Å². The number of rotatable bonds is 7. The summed E-state index contributed by atoms with van der Waals surface area (Å²) in [4.78, 5) is 16.6. The van der Waals surface area contributed by atoms with Gasteiger partial charge >= 0.3 is 5.97 Å². The van der Waals surface area contributed by atoms with Crippen LogP contribution in [0.25, 0.3) is 0 Å². The van der Waals surface area contributed by atoms with Crippen molar-refractivity contribution in [3.8, 4) is 0 Å². The zero-order chi connectivity index (χ0) is 15.2. The Bertz CT molecular complexity index is 461. The number of aromatic carboxylic acids is 1. The average molecular weight is 309 g/mol. The number of hydrogen-bond donors (Lipinski definition) is 1. The number of unbranched alkanes of at least 4 members (excludes halogenated alkanes) is 1. The molecule has 0 unspecified atom stereocenters. The van der Waals surface area contributed by atoms with Crippen molar-refractivity contribution in [1.29, 1.82) is 0 Å². The van der Waals surface area contributed by atoms with Crippen LogP contribution in [0.4, 0.5) is 0 Å². The topological polar surface area (TPSA) is 50.2 Å². The quantitative estimate of drug-likeness (QED) is 0.747. The number of carboxylic acid groups (broad SMARTS) is 1. The monoisotopic (exact) mass is 309 g/mol. The smallest absolute Gasteiger partial charge is 0.347 e. The van der Waals surface area contributed by atoms with Crippen molar-refractivity contribution in [2.24, 2.45) is 5.92 Å². The third kappa shape index (κ3) is 4.29. The molecule has 0 radical (unpaired) electrons. The van der Waals surface area contributed by atoms with Crippen LogP contribution in [0, 0.1) is 5.92 Å². The molecule has 1 aliphatic rings. The van der Waals surface area contributed by atoms with E-state index >= 15 is 0 Å². The molecule has 1 aromatic heterocycles. The number of thiazole rings is 1. The van der Waals surface area contributed by atoms with Gasteiger partial charge in [0.05, 0.1) is 10.7 Å². The largest absolute Gasteiger partial charge is 0.477 e. The molecular formula is C17H27NO2S. The first-order valence-electron chi connectivity index (χ1n) is 8.38. The Morgan fingerprint density at radius 2 is 1.95 bits per heavy atom. The fourth-order valence-corrected chi connectivity index (χ4v) is 4.44. The highest BCUT2D eigenvalue weighted by atomic mass is 32.1. The van der Waals surface area contributed by atoms with Gasteiger partial charge < -0.3 is 5.11 Å². The maximum absolute atomic E-state index is 11.5. The maximum Gasteiger partial charge on any atom is 0.347 e. The van der Waals surface area contributed by atoms with Crippen LogP contribution in [-0.4, -0.2) is 16.1 Å². The molecule has 0 aromatic carbocycles. The van der Waals surface area contributed by atoms with Crippen LogP contribution in [0.1, 0.15) is 91.5 Å². The van der Waals surface area contributed by atoms with E-state index in [-0.39, 0.29) is 0 Å². The van der Waals surface area contributed by atoms with E-state index in [0.717, 1.165) is 42.3 Å². The van der Waals surface area contributed by atoms with Gasteiger partial charge in [-0.05, 0) is 44.4 Å². The van der Waals surface area contributed by atoms with Crippen molar-refractivity contribution in [3.05, 3.63) is 15.6 Å². The van der Waals surface area contributed by atoms with Crippen LogP contribution in [0.5, 0.6) is 0 Å². The van der Waals surface area contributed by atoms with E-state index in [2.05, 4.69) is 18.8 Å². The number of carbonyl (C=O) groups is 1.